The Bertz CT molecular complexity index is 1200. The molecule has 0 aliphatic heterocycles. The van der Waals surface area contributed by atoms with Gasteiger partial charge in [0, 0.05) is 17.5 Å². The molecular formula is C27H27NO5. The summed E-state index contributed by atoms with van der Waals surface area (Å²) < 4.78 is 17.6. The highest BCUT2D eigenvalue weighted by atomic mass is 16.5. The molecule has 3 aromatic carbocycles. The van der Waals surface area contributed by atoms with Crippen molar-refractivity contribution in [3.8, 4) is 22.8 Å². The topological polar surface area (TPSA) is 81.8 Å². The molecule has 170 valence electrons. The minimum Gasteiger partial charge on any atom is -0.490 e. The predicted octanol–water partition coefficient (Wildman–Crippen LogP) is 5.92. The summed E-state index contributed by atoms with van der Waals surface area (Å²) in [6.45, 7) is 2.91. The molecule has 0 radical (unpaired) electrons. The van der Waals surface area contributed by atoms with Gasteiger partial charge in [0.1, 0.15) is 30.4 Å². The van der Waals surface area contributed by atoms with Crippen LogP contribution in [0.1, 0.15) is 30.9 Å². The number of hydrogen-bond acceptors (Lipinski definition) is 5. The molecule has 1 N–H and O–H groups in total. The van der Waals surface area contributed by atoms with Crippen LogP contribution in [0, 0.1) is 0 Å². The van der Waals surface area contributed by atoms with Gasteiger partial charge in [-0.15, -0.1) is 0 Å². The summed E-state index contributed by atoms with van der Waals surface area (Å²) in [7, 11) is 0. The van der Waals surface area contributed by atoms with Gasteiger partial charge in [0.2, 0.25) is 0 Å². The number of aryl methyl sites for hydroxylation is 2. The fourth-order valence-corrected chi connectivity index (χ4v) is 3.78. The summed E-state index contributed by atoms with van der Waals surface area (Å²) in [4.78, 5) is 10.7. The first-order valence-corrected chi connectivity index (χ1v) is 11.2. The van der Waals surface area contributed by atoms with Crippen LogP contribution in [0.2, 0.25) is 0 Å². The maximum absolute atomic E-state index is 10.7. The molecule has 0 saturated carbocycles. The Balaban J connectivity index is 1.40. The number of nitrogens with zero attached hydrogens (tertiary/aromatic N) is 1. The predicted molar refractivity (Wildman–Crippen MR) is 127 cm³/mol. The lowest BCUT2D eigenvalue weighted by Crippen LogP contribution is -2.10. The van der Waals surface area contributed by atoms with Gasteiger partial charge in [-0.25, -0.2) is 0 Å². The molecule has 0 saturated heterocycles. The second-order valence-electron chi connectivity index (χ2n) is 7.80. The van der Waals surface area contributed by atoms with Gasteiger partial charge in [0.25, 0.3) is 0 Å². The third-order valence-electron chi connectivity index (χ3n) is 5.41. The number of ether oxygens (including phenoxy) is 2. The molecular weight excluding hydrogens is 418 g/mol. The summed E-state index contributed by atoms with van der Waals surface area (Å²) in [6.07, 6.45) is 2.42. The monoisotopic (exact) mass is 445 g/mol. The maximum atomic E-state index is 10.7. The highest BCUT2D eigenvalue weighted by Crippen LogP contribution is 2.35. The first-order valence-electron chi connectivity index (χ1n) is 11.2. The van der Waals surface area contributed by atoms with Crippen molar-refractivity contribution in [1.82, 2.24) is 5.16 Å². The zero-order valence-corrected chi connectivity index (χ0v) is 18.6. The Morgan fingerprint density at radius 3 is 2.42 bits per heavy atom. The van der Waals surface area contributed by atoms with Crippen molar-refractivity contribution < 1.29 is 23.9 Å². The molecule has 0 atom stereocenters. The van der Waals surface area contributed by atoms with E-state index in [-0.39, 0.29) is 6.42 Å². The van der Waals surface area contributed by atoms with Crippen LogP contribution in [-0.2, 0) is 17.6 Å². The second-order valence-corrected chi connectivity index (χ2v) is 7.80. The molecule has 6 heteroatoms. The second kappa shape index (κ2) is 10.7. The largest absolute Gasteiger partial charge is 0.490 e. The van der Waals surface area contributed by atoms with Gasteiger partial charge in [-0.1, -0.05) is 61.0 Å². The molecule has 6 nitrogen and oxygen atoms in total. The van der Waals surface area contributed by atoms with Crippen molar-refractivity contribution in [2.45, 2.75) is 32.6 Å². The van der Waals surface area contributed by atoms with E-state index in [1.54, 1.807) is 0 Å². The van der Waals surface area contributed by atoms with Gasteiger partial charge >= 0.3 is 5.97 Å². The molecule has 4 rings (SSSR count). The van der Waals surface area contributed by atoms with Crippen LogP contribution in [0.15, 0.2) is 71.3 Å². The van der Waals surface area contributed by atoms with Crippen molar-refractivity contribution >= 4 is 16.9 Å². The van der Waals surface area contributed by atoms with Crippen molar-refractivity contribution in [3.63, 3.8) is 0 Å². The Kier molecular flexibility index (Phi) is 7.25. The molecule has 0 aliphatic rings. The maximum Gasteiger partial charge on any atom is 0.303 e. The third-order valence-corrected chi connectivity index (χ3v) is 5.41. The molecule has 0 aliphatic carbocycles. The minimum absolute atomic E-state index is 0.122. The average molecular weight is 446 g/mol. The normalized spacial score (nSPS) is 10.9. The Morgan fingerprint density at radius 1 is 0.939 bits per heavy atom. The number of hydrogen-bond donors (Lipinski definition) is 1. The minimum atomic E-state index is -0.797. The number of benzene rings is 3. The van der Waals surface area contributed by atoms with E-state index in [0.29, 0.717) is 19.6 Å². The smallest absolute Gasteiger partial charge is 0.303 e. The number of aromatic nitrogens is 1. The van der Waals surface area contributed by atoms with Crippen LogP contribution in [0.3, 0.4) is 0 Å². The fraction of sp³-hybridized carbons (Fsp3) is 0.259. The lowest BCUT2D eigenvalue weighted by molar-refractivity contribution is -0.136. The first-order chi connectivity index (χ1) is 16.2. The van der Waals surface area contributed by atoms with Crippen molar-refractivity contribution in [1.29, 1.82) is 0 Å². The number of carbonyl (C=O) groups is 1. The van der Waals surface area contributed by atoms with Crippen LogP contribution >= 0.6 is 0 Å². The molecule has 0 fully saturated rings. The quantitative estimate of drug-likeness (QED) is 0.289. The zero-order valence-electron chi connectivity index (χ0n) is 18.6. The average Bonchev–Trinajstić information content (AvgIpc) is 3.27. The van der Waals surface area contributed by atoms with E-state index in [1.165, 1.54) is 0 Å². The van der Waals surface area contributed by atoms with Gasteiger partial charge in [-0.2, -0.15) is 0 Å². The van der Waals surface area contributed by atoms with Gasteiger partial charge in [-0.3, -0.25) is 4.79 Å². The fourth-order valence-electron chi connectivity index (χ4n) is 3.78. The number of rotatable bonds is 11. The molecule has 0 bridgehead atoms. The highest BCUT2D eigenvalue weighted by Gasteiger charge is 2.17. The summed E-state index contributed by atoms with van der Waals surface area (Å²) in [5.41, 5.74) is 4.62. The molecule has 33 heavy (non-hydrogen) atoms. The Labute approximate surface area is 192 Å². The standard InChI is InChI=1S/C27H27NO5/c1-2-6-22-24(15-14-23-26(28-33-27(22)23)20-7-4-3-5-8-20)32-18-17-31-21-12-9-19(10-13-21)11-16-25(29)30/h3-5,7-10,12-15H,2,6,11,16-18H2,1H3,(H,29,30). The highest BCUT2D eigenvalue weighted by molar-refractivity contribution is 5.94. The molecule has 1 aromatic heterocycles. The van der Waals surface area contributed by atoms with Crippen LogP contribution in [0.5, 0.6) is 11.5 Å². The van der Waals surface area contributed by atoms with Crippen molar-refractivity contribution in [3.05, 3.63) is 77.9 Å². The van der Waals surface area contributed by atoms with Gasteiger partial charge < -0.3 is 19.1 Å². The van der Waals surface area contributed by atoms with E-state index in [0.717, 1.165) is 57.7 Å². The van der Waals surface area contributed by atoms with E-state index >= 15 is 0 Å². The Morgan fingerprint density at radius 2 is 1.70 bits per heavy atom. The molecule has 4 aromatic rings. The lowest BCUT2D eigenvalue weighted by Gasteiger charge is -2.12. The van der Waals surface area contributed by atoms with Crippen LogP contribution in [0.25, 0.3) is 22.2 Å². The SMILES string of the molecule is CCCc1c(OCCOc2ccc(CCC(=O)O)cc2)ccc2c(-c3ccccc3)noc12. The number of carboxylic acids is 1. The number of fused-ring (bicyclic) bond motifs is 1. The van der Waals surface area contributed by atoms with E-state index in [2.05, 4.69) is 12.1 Å². The van der Waals surface area contributed by atoms with Crippen LogP contribution < -0.4 is 9.47 Å². The van der Waals surface area contributed by atoms with Gasteiger partial charge in [0.05, 0.1) is 5.39 Å². The zero-order chi connectivity index (χ0) is 23.0. The molecule has 1 heterocycles. The summed E-state index contributed by atoms with van der Waals surface area (Å²) in [5.74, 6) is 0.715. The molecule has 0 spiro atoms. The number of aliphatic carboxylic acids is 1. The van der Waals surface area contributed by atoms with Gasteiger partial charge in [0.15, 0.2) is 5.58 Å². The van der Waals surface area contributed by atoms with E-state index in [4.69, 9.17) is 19.1 Å². The van der Waals surface area contributed by atoms with Crippen molar-refractivity contribution in [2.75, 3.05) is 13.2 Å². The summed E-state index contributed by atoms with van der Waals surface area (Å²) in [5, 5.41) is 14.1. The third kappa shape index (κ3) is 5.52. The number of carboxylic acid groups (broad SMARTS) is 1. The van der Waals surface area contributed by atoms with Crippen LogP contribution in [0.4, 0.5) is 0 Å². The van der Waals surface area contributed by atoms with Crippen LogP contribution in [-0.4, -0.2) is 29.4 Å². The Hall–Kier alpha value is -3.80. The first kappa shape index (κ1) is 22.4. The van der Waals surface area contributed by atoms with E-state index < -0.39 is 5.97 Å². The van der Waals surface area contributed by atoms with Gasteiger partial charge in [-0.05, 0) is 42.7 Å². The molecule has 0 unspecified atom stereocenters. The van der Waals surface area contributed by atoms with Crippen molar-refractivity contribution in [2.24, 2.45) is 0 Å². The van der Waals surface area contributed by atoms with E-state index in [1.807, 2.05) is 66.7 Å². The molecule has 0 amide bonds. The lowest BCUT2D eigenvalue weighted by atomic mass is 10.0. The summed E-state index contributed by atoms with van der Waals surface area (Å²) in [6, 6.07) is 21.5. The summed E-state index contributed by atoms with van der Waals surface area (Å²) >= 11 is 0. The van der Waals surface area contributed by atoms with E-state index in [9.17, 15) is 4.79 Å².